The Bertz CT molecular complexity index is 970. The molecule has 0 aliphatic rings. The molecule has 6 heteroatoms. The molecular weight excluding hydrogens is 342 g/mol. The fourth-order valence-electron chi connectivity index (χ4n) is 2.99. The molecule has 2 aromatic carbocycles. The van der Waals surface area contributed by atoms with Crippen LogP contribution in [0.4, 0.5) is 0 Å². The molecule has 6 nitrogen and oxygen atoms in total. The number of unbranched alkanes of at least 4 members (excludes halogenated alkanes) is 1. The maximum absolute atomic E-state index is 12.3. The molecule has 27 heavy (non-hydrogen) atoms. The van der Waals surface area contributed by atoms with Gasteiger partial charge in [-0.3, -0.25) is 13.9 Å². The SMILES string of the molecule is Cc1ccc(OCCCCNC(=O)Cn2c(=O)n(C)c3ccccc32)cc1. The largest absolute Gasteiger partial charge is 0.494 e. The van der Waals surface area contributed by atoms with Gasteiger partial charge in [-0.05, 0) is 44.0 Å². The molecule has 1 N–H and O–H groups in total. The minimum atomic E-state index is -0.183. The highest BCUT2D eigenvalue weighted by Crippen LogP contribution is 2.12. The van der Waals surface area contributed by atoms with Gasteiger partial charge in [-0.2, -0.15) is 0 Å². The lowest BCUT2D eigenvalue weighted by atomic mass is 10.2. The number of benzene rings is 2. The summed E-state index contributed by atoms with van der Waals surface area (Å²) in [5, 5.41) is 2.87. The van der Waals surface area contributed by atoms with Gasteiger partial charge >= 0.3 is 5.69 Å². The van der Waals surface area contributed by atoms with Crippen molar-refractivity contribution in [2.24, 2.45) is 7.05 Å². The van der Waals surface area contributed by atoms with Crippen LogP contribution >= 0.6 is 0 Å². The number of fused-ring (bicyclic) bond motifs is 1. The first-order valence-electron chi connectivity index (χ1n) is 9.16. The summed E-state index contributed by atoms with van der Waals surface area (Å²) in [5.41, 5.74) is 2.61. The molecule has 0 atom stereocenters. The first kappa shape index (κ1) is 18.8. The average Bonchev–Trinajstić information content (AvgIpc) is 2.91. The third-order valence-corrected chi connectivity index (χ3v) is 4.54. The van der Waals surface area contributed by atoms with E-state index in [9.17, 15) is 9.59 Å². The van der Waals surface area contributed by atoms with Crippen LogP contribution in [0.1, 0.15) is 18.4 Å². The smallest absolute Gasteiger partial charge is 0.329 e. The highest BCUT2D eigenvalue weighted by Gasteiger charge is 2.12. The Morgan fingerprint density at radius 2 is 1.74 bits per heavy atom. The molecule has 1 aromatic heterocycles. The molecule has 3 rings (SSSR count). The van der Waals surface area contributed by atoms with Crippen molar-refractivity contribution in [2.75, 3.05) is 13.2 Å². The van der Waals surface area contributed by atoms with E-state index < -0.39 is 0 Å². The lowest BCUT2D eigenvalue weighted by Gasteiger charge is -2.08. The molecule has 0 saturated carbocycles. The molecule has 1 heterocycles. The second-order valence-corrected chi connectivity index (χ2v) is 6.64. The number of amides is 1. The van der Waals surface area contributed by atoms with Crippen molar-refractivity contribution in [1.29, 1.82) is 0 Å². The molecule has 0 aliphatic carbocycles. The maximum atomic E-state index is 12.3. The molecule has 0 fully saturated rings. The summed E-state index contributed by atoms with van der Waals surface area (Å²) in [6.07, 6.45) is 1.67. The van der Waals surface area contributed by atoms with Crippen LogP contribution in [0.25, 0.3) is 11.0 Å². The summed E-state index contributed by atoms with van der Waals surface area (Å²) >= 11 is 0. The number of carbonyl (C=O) groups excluding carboxylic acids is 1. The highest BCUT2D eigenvalue weighted by molar-refractivity contribution is 5.80. The van der Waals surface area contributed by atoms with Crippen molar-refractivity contribution in [3.05, 3.63) is 64.6 Å². The van der Waals surface area contributed by atoms with E-state index in [2.05, 4.69) is 5.32 Å². The van der Waals surface area contributed by atoms with E-state index >= 15 is 0 Å². The number of ether oxygens (including phenoxy) is 1. The molecule has 3 aromatic rings. The zero-order chi connectivity index (χ0) is 19.2. The van der Waals surface area contributed by atoms with Crippen molar-refractivity contribution in [2.45, 2.75) is 26.3 Å². The van der Waals surface area contributed by atoms with Crippen LogP contribution in [0, 0.1) is 6.92 Å². The Hall–Kier alpha value is -3.02. The zero-order valence-corrected chi connectivity index (χ0v) is 15.8. The number of imidazole rings is 1. The Morgan fingerprint density at radius 3 is 2.48 bits per heavy atom. The summed E-state index contributed by atoms with van der Waals surface area (Å²) < 4.78 is 8.74. The molecule has 142 valence electrons. The summed E-state index contributed by atoms with van der Waals surface area (Å²) in [6, 6.07) is 15.4. The van der Waals surface area contributed by atoms with E-state index in [0.717, 1.165) is 29.6 Å². The van der Waals surface area contributed by atoms with E-state index in [1.165, 1.54) is 10.1 Å². The Balaban J connectivity index is 1.42. The minimum Gasteiger partial charge on any atom is -0.494 e. The topological polar surface area (TPSA) is 65.3 Å². The molecular formula is C21H25N3O3. The van der Waals surface area contributed by atoms with Gasteiger partial charge in [-0.25, -0.2) is 4.79 Å². The van der Waals surface area contributed by atoms with Crippen LogP contribution in [0.15, 0.2) is 53.3 Å². The monoisotopic (exact) mass is 367 g/mol. The van der Waals surface area contributed by atoms with Gasteiger partial charge in [0, 0.05) is 13.6 Å². The van der Waals surface area contributed by atoms with Gasteiger partial charge in [0.15, 0.2) is 0 Å². The van der Waals surface area contributed by atoms with E-state index in [1.54, 1.807) is 11.6 Å². The predicted molar refractivity (Wildman–Crippen MR) is 106 cm³/mol. The number of hydrogen-bond donors (Lipinski definition) is 1. The third kappa shape index (κ3) is 4.58. The molecule has 0 aliphatic heterocycles. The van der Waals surface area contributed by atoms with Crippen molar-refractivity contribution in [1.82, 2.24) is 14.5 Å². The van der Waals surface area contributed by atoms with Crippen LogP contribution < -0.4 is 15.7 Å². The van der Waals surface area contributed by atoms with Gasteiger partial charge in [0.2, 0.25) is 5.91 Å². The zero-order valence-electron chi connectivity index (χ0n) is 15.8. The number of nitrogens with zero attached hydrogens (tertiary/aromatic N) is 2. The lowest BCUT2D eigenvalue weighted by Crippen LogP contribution is -2.33. The first-order chi connectivity index (χ1) is 13.1. The average molecular weight is 367 g/mol. The van der Waals surface area contributed by atoms with Gasteiger partial charge in [-0.15, -0.1) is 0 Å². The second-order valence-electron chi connectivity index (χ2n) is 6.64. The standard InChI is InChI=1S/C21H25N3O3/c1-16-9-11-17(12-10-16)27-14-6-5-13-22-20(25)15-24-19-8-4-3-7-18(19)23(2)21(24)26/h3-4,7-12H,5-6,13-15H2,1-2H3,(H,22,25). The van der Waals surface area contributed by atoms with Gasteiger partial charge in [0.05, 0.1) is 17.6 Å². The normalized spacial score (nSPS) is 10.9. The van der Waals surface area contributed by atoms with Gasteiger partial charge < -0.3 is 10.1 Å². The van der Waals surface area contributed by atoms with Crippen molar-refractivity contribution in [3.8, 4) is 5.75 Å². The van der Waals surface area contributed by atoms with Crippen molar-refractivity contribution >= 4 is 16.9 Å². The summed E-state index contributed by atoms with van der Waals surface area (Å²) in [7, 11) is 1.72. The van der Waals surface area contributed by atoms with Gasteiger partial charge in [-0.1, -0.05) is 29.8 Å². The number of aromatic nitrogens is 2. The number of hydrogen-bond acceptors (Lipinski definition) is 3. The fraction of sp³-hybridized carbons (Fsp3) is 0.333. The van der Waals surface area contributed by atoms with Crippen molar-refractivity contribution < 1.29 is 9.53 Å². The maximum Gasteiger partial charge on any atom is 0.329 e. The molecule has 1 amide bonds. The Labute approximate surface area is 158 Å². The summed E-state index contributed by atoms with van der Waals surface area (Å²) in [5.74, 6) is 0.702. The highest BCUT2D eigenvalue weighted by atomic mass is 16.5. The van der Waals surface area contributed by atoms with Crippen molar-refractivity contribution in [3.63, 3.8) is 0 Å². The van der Waals surface area contributed by atoms with E-state index in [0.29, 0.717) is 13.2 Å². The Kier molecular flexibility index (Phi) is 5.96. The van der Waals surface area contributed by atoms with Gasteiger partial charge in [0.25, 0.3) is 0 Å². The summed E-state index contributed by atoms with van der Waals surface area (Å²) in [4.78, 5) is 24.5. The number of rotatable bonds is 8. The molecule has 0 unspecified atom stereocenters. The lowest BCUT2D eigenvalue weighted by molar-refractivity contribution is -0.121. The van der Waals surface area contributed by atoms with Crippen LogP contribution in [0.3, 0.4) is 0 Å². The predicted octanol–water partition coefficient (Wildman–Crippen LogP) is 2.62. The van der Waals surface area contributed by atoms with Crippen LogP contribution in [-0.4, -0.2) is 28.2 Å². The fourth-order valence-corrected chi connectivity index (χ4v) is 2.99. The molecule has 0 spiro atoms. The minimum absolute atomic E-state index is 0.0278. The van der Waals surface area contributed by atoms with E-state index in [-0.39, 0.29) is 18.1 Å². The van der Waals surface area contributed by atoms with Crippen LogP contribution in [-0.2, 0) is 18.4 Å². The van der Waals surface area contributed by atoms with E-state index in [1.807, 2.05) is 55.5 Å². The molecule has 0 bridgehead atoms. The quantitative estimate of drug-likeness (QED) is 0.623. The molecule has 0 saturated heterocycles. The number of nitrogens with one attached hydrogen (secondary N) is 1. The van der Waals surface area contributed by atoms with Crippen LogP contribution in [0.5, 0.6) is 5.75 Å². The number of para-hydroxylation sites is 2. The van der Waals surface area contributed by atoms with E-state index in [4.69, 9.17) is 4.74 Å². The Morgan fingerprint density at radius 1 is 1.04 bits per heavy atom. The molecule has 0 radical (unpaired) electrons. The first-order valence-corrected chi connectivity index (χ1v) is 9.16. The summed E-state index contributed by atoms with van der Waals surface area (Å²) in [6.45, 7) is 3.25. The number of aryl methyl sites for hydroxylation is 2. The number of carbonyl (C=O) groups is 1. The van der Waals surface area contributed by atoms with Gasteiger partial charge in [0.1, 0.15) is 12.3 Å². The third-order valence-electron chi connectivity index (χ3n) is 4.54. The van der Waals surface area contributed by atoms with Crippen LogP contribution in [0.2, 0.25) is 0 Å². The second kappa shape index (κ2) is 8.58.